The molecule has 2 aromatic rings. The number of aromatic nitrogens is 1. The fourth-order valence-electron chi connectivity index (χ4n) is 1.54. The number of aromatic hydroxyl groups is 1. The van der Waals surface area contributed by atoms with E-state index in [2.05, 4.69) is 4.98 Å². The van der Waals surface area contributed by atoms with Gasteiger partial charge in [0.2, 0.25) is 0 Å². The molecule has 0 unspecified atom stereocenters. The zero-order valence-corrected chi connectivity index (χ0v) is 8.01. The van der Waals surface area contributed by atoms with Crippen LogP contribution in [-0.2, 0) is 13.2 Å². The van der Waals surface area contributed by atoms with E-state index in [1.54, 1.807) is 18.2 Å². The molecule has 1 aromatic heterocycles. The monoisotopic (exact) mass is 205 g/mol. The molecule has 0 bridgehead atoms. The molecule has 2 rings (SSSR count). The van der Waals surface area contributed by atoms with E-state index in [4.69, 9.17) is 10.2 Å². The van der Waals surface area contributed by atoms with Gasteiger partial charge in [0.25, 0.3) is 0 Å². The molecule has 3 N–H and O–H groups in total. The van der Waals surface area contributed by atoms with Crippen LogP contribution in [-0.4, -0.2) is 20.3 Å². The number of pyridine rings is 1. The van der Waals surface area contributed by atoms with Crippen LogP contribution in [0.25, 0.3) is 10.9 Å². The Morgan fingerprint density at radius 1 is 1.13 bits per heavy atom. The van der Waals surface area contributed by atoms with Gasteiger partial charge in [-0.05, 0) is 12.1 Å². The molecule has 0 saturated carbocycles. The number of hydrogen-bond donors (Lipinski definition) is 3. The molecule has 0 atom stereocenters. The van der Waals surface area contributed by atoms with E-state index in [0.29, 0.717) is 16.8 Å². The van der Waals surface area contributed by atoms with Crippen LogP contribution < -0.4 is 0 Å². The molecule has 0 radical (unpaired) electrons. The van der Waals surface area contributed by atoms with Crippen molar-refractivity contribution >= 4 is 10.9 Å². The molecule has 4 heteroatoms. The molecule has 0 saturated heterocycles. The van der Waals surface area contributed by atoms with E-state index in [0.717, 1.165) is 5.39 Å². The largest absolute Gasteiger partial charge is 0.506 e. The summed E-state index contributed by atoms with van der Waals surface area (Å²) < 4.78 is 0. The van der Waals surface area contributed by atoms with Gasteiger partial charge in [0.15, 0.2) is 0 Å². The lowest BCUT2D eigenvalue weighted by molar-refractivity contribution is 0.256. The number of rotatable bonds is 2. The van der Waals surface area contributed by atoms with Gasteiger partial charge in [-0.2, -0.15) is 0 Å². The lowest BCUT2D eigenvalue weighted by Gasteiger charge is -2.07. The number of para-hydroxylation sites is 1. The highest BCUT2D eigenvalue weighted by Gasteiger charge is 2.07. The van der Waals surface area contributed by atoms with Gasteiger partial charge in [-0.1, -0.05) is 12.1 Å². The normalized spacial score (nSPS) is 10.8. The van der Waals surface area contributed by atoms with Crippen LogP contribution in [0.2, 0.25) is 0 Å². The Morgan fingerprint density at radius 2 is 1.93 bits per heavy atom. The van der Waals surface area contributed by atoms with Crippen molar-refractivity contribution in [2.45, 2.75) is 13.2 Å². The Bertz CT molecular complexity index is 496. The maximum absolute atomic E-state index is 9.55. The Kier molecular flexibility index (Phi) is 2.53. The third-order valence-corrected chi connectivity index (χ3v) is 2.31. The van der Waals surface area contributed by atoms with Crippen LogP contribution in [0.5, 0.6) is 5.75 Å². The standard InChI is InChI=1S/C11H11NO3/c13-5-8-4-7-2-1-3-10(15)11(7)12-9(8)6-14/h1-4,13-15H,5-6H2. The second kappa shape index (κ2) is 3.84. The highest BCUT2D eigenvalue weighted by molar-refractivity contribution is 5.84. The highest BCUT2D eigenvalue weighted by Crippen LogP contribution is 2.24. The zero-order valence-electron chi connectivity index (χ0n) is 8.01. The number of nitrogens with zero attached hydrogens (tertiary/aromatic N) is 1. The number of phenolic OH excluding ortho intramolecular Hbond substituents is 1. The van der Waals surface area contributed by atoms with E-state index in [-0.39, 0.29) is 19.0 Å². The van der Waals surface area contributed by atoms with Crippen LogP contribution in [0.15, 0.2) is 24.3 Å². The summed E-state index contributed by atoms with van der Waals surface area (Å²) in [6.45, 7) is -0.422. The molecule has 0 aliphatic heterocycles. The van der Waals surface area contributed by atoms with E-state index in [1.807, 2.05) is 0 Å². The maximum Gasteiger partial charge on any atom is 0.141 e. The number of aliphatic hydroxyl groups is 2. The molecule has 78 valence electrons. The van der Waals surface area contributed by atoms with Crippen molar-refractivity contribution in [3.63, 3.8) is 0 Å². The molecule has 0 aliphatic rings. The molecular formula is C11H11NO3. The Balaban J connectivity index is 2.75. The van der Waals surface area contributed by atoms with Crippen LogP contribution in [0.1, 0.15) is 11.3 Å². The summed E-state index contributed by atoms with van der Waals surface area (Å²) >= 11 is 0. The first-order chi connectivity index (χ1) is 7.26. The van der Waals surface area contributed by atoms with Crippen molar-refractivity contribution in [2.24, 2.45) is 0 Å². The SMILES string of the molecule is OCc1cc2cccc(O)c2nc1CO. The number of benzene rings is 1. The van der Waals surface area contributed by atoms with Gasteiger partial charge in [-0.3, -0.25) is 0 Å². The summed E-state index contributed by atoms with van der Waals surface area (Å²) in [6, 6.07) is 6.75. The minimum Gasteiger partial charge on any atom is -0.506 e. The second-order valence-electron chi connectivity index (χ2n) is 3.26. The van der Waals surface area contributed by atoms with Gasteiger partial charge < -0.3 is 15.3 Å². The fraction of sp³-hybridized carbons (Fsp3) is 0.182. The third kappa shape index (κ3) is 1.65. The van der Waals surface area contributed by atoms with Crippen molar-refractivity contribution in [3.8, 4) is 5.75 Å². The molecular weight excluding hydrogens is 194 g/mol. The number of hydrogen-bond acceptors (Lipinski definition) is 4. The first-order valence-electron chi connectivity index (χ1n) is 4.58. The summed E-state index contributed by atoms with van der Waals surface area (Å²) in [5.41, 5.74) is 1.42. The Morgan fingerprint density at radius 3 is 2.60 bits per heavy atom. The Hall–Kier alpha value is -1.65. The van der Waals surface area contributed by atoms with Crippen LogP contribution in [0, 0.1) is 0 Å². The maximum atomic E-state index is 9.55. The molecule has 0 aliphatic carbocycles. The zero-order chi connectivity index (χ0) is 10.8. The van der Waals surface area contributed by atoms with E-state index in [1.165, 1.54) is 6.07 Å². The molecule has 0 spiro atoms. The van der Waals surface area contributed by atoms with Crippen molar-refractivity contribution in [2.75, 3.05) is 0 Å². The first-order valence-corrected chi connectivity index (χ1v) is 4.58. The highest BCUT2D eigenvalue weighted by atomic mass is 16.3. The van der Waals surface area contributed by atoms with Crippen molar-refractivity contribution < 1.29 is 15.3 Å². The predicted molar refractivity (Wildman–Crippen MR) is 55.3 cm³/mol. The van der Waals surface area contributed by atoms with Crippen molar-refractivity contribution in [1.82, 2.24) is 4.98 Å². The third-order valence-electron chi connectivity index (χ3n) is 2.31. The number of aliphatic hydroxyl groups excluding tert-OH is 2. The summed E-state index contributed by atoms with van der Waals surface area (Å²) in [7, 11) is 0. The van der Waals surface area contributed by atoms with Gasteiger partial charge in [-0.15, -0.1) is 0 Å². The van der Waals surface area contributed by atoms with Crippen LogP contribution >= 0.6 is 0 Å². The Labute approximate surface area is 86.4 Å². The summed E-state index contributed by atoms with van der Waals surface area (Å²) in [5, 5.41) is 28.4. The number of phenols is 1. The fourth-order valence-corrected chi connectivity index (χ4v) is 1.54. The minimum atomic E-state index is -0.250. The van der Waals surface area contributed by atoms with E-state index in [9.17, 15) is 5.11 Å². The summed E-state index contributed by atoms with van der Waals surface area (Å²) in [4.78, 5) is 4.10. The smallest absolute Gasteiger partial charge is 0.141 e. The van der Waals surface area contributed by atoms with Crippen LogP contribution in [0.3, 0.4) is 0 Å². The van der Waals surface area contributed by atoms with Crippen molar-refractivity contribution in [3.05, 3.63) is 35.5 Å². The molecule has 0 amide bonds. The van der Waals surface area contributed by atoms with Gasteiger partial charge in [0.05, 0.1) is 18.9 Å². The van der Waals surface area contributed by atoms with Gasteiger partial charge >= 0.3 is 0 Å². The molecule has 15 heavy (non-hydrogen) atoms. The minimum absolute atomic E-state index is 0.0756. The molecule has 4 nitrogen and oxygen atoms in total. The second-order valence-corrected chi connectivity index (χ2v) is 3.26. The van der Waals surface area contributed by atoms with Crippen molar-refractivity contribution in [1.29, 1.82) is 0 Å². The lowest BCUT2D eigenvalue weighted by Crippen LogP contribution is -1.98. The van der Waals surface area contributed by atoms with Gasteiger partial charge in [-0.25, -0.2) is 4.98 Å². The quantitative estimate of drug-likeness (QED) is 0.681. The average Bonchev–Trinajstić information content (AvgIpc) is 2.28. The lowest BCUT2D eigenvalue weighted by atomic mass is 10.1. The molecule has 1 aromatic carbocycles. The van der Waals surface area contributed by atoms with E-state index >= 15 is 0 Å². The predicted octanol–water partition coefficient (Wildman–Crippen LogP) is 0.925. The molecule has 0 fully saturated rings. The molecule has 1 heterocycles. The topological polar surface area (TPSA) is 73.6 Å². The first kappa shape index (κ1) is 9.89. The summed E-state index contributed by atoms with van der Waals surface area (Å²) in [5.74, 6) is 0.0756. The van der Waals surface area contributed by atoms with Gasteiger partial charge in [0.1, 0.15) is 11.3 Å². The number of fused-ring (bicyclic) bond motifs is 1. The summed E-state index contributed by atoms with van der Waals surface area (Å²) in [6.07, 6.45) is 0. The van der Waals surface area contributed by atoms with Gasteiger partial charge in [0, 0.05) is 10.9 Å². The average molecular weight is 205 g/mol. The van der Waals surface area contributed by atoms with E-state index < -0.39 is 0 Å². The van der Waals surface area contributed by atoms with Crippen LogP contribution in [0.4, 0.5) is 0 Å².